The van der Waals surface area contributed by atoms with E-state index in [4.69, 9.17) is 0 Å². The van der Waals surface area contributed by atoms with E-state index in [0.717, 1.165) is 6.42 Å². The molecule has 0 aliphatic carbocycles. The second-order valence-corrected chi connectivity index (χ2v) is 5.40. The van der Waals surface area contributed by atoms with Gasteiger partial charge in [-0.2, -0.15) is 4.68 Å². The average molecular weight is 319 g/mol. The van der Waals surface area contributed by atoms with E-state index < -0.39 is 4.92 Å². The van der Waals surface area contributed by atoms with Crippen LogP contribution in [0.3, 0.4) is 0 Å². The zero-order valence-electron chi connectivity index (χ0n) is 10.4. The molecule has 0 aromatic carbocycles. The lowest BCUT2D eigenvalue weighted by Gasteiger charge is -2.24. The van der Waals surface area contributed by atoms with Crippen LogP contribution >= 0.6 is 15.9 Å². The number of carbonyl (C=O) groups excluding carboxylic acids is 1. The molecular formula is C10H15BrN4O3. The van der Waals surface area contributed by atoms with Gasteiger partial charge in [-0.1, -0.05) is 6.92 Å². The molecule has 18 heavy (non-hydrogen) atoms. The van der Waals surface area contributed by atoms with Crippen LogP contribution in [0.2, 0.25) is 0 Å². The number of nitrogens with zero attached hydrogens (tertiary/aromatic N) is 3. The fourth-order valence-electron chi connectivity index (χ4n) is 1.24. The van der Waals surface area contributed by atoms with E-state index in [0.29, 0.717) is 0 Å². The molecule has 0 spiro atoms. The predicted octanol–water partition coefficient (Wildman–Crippen LogP) is 1.86. The summed E-state index contributed by atoms with van der Waals surface area (Å²) in [6.45, 7) is 5.74. The predicted molar refractivity (Wildman–Crippen MR) is 69.1 cm³/mol. The molecule has 1 rings (SSSR count). The lowest BCUT2D eigenvalue weighted by atomic mass is 10.0. The summed E-state index contributed by atoms with van der Waals surface area (Å²) in [5, 5.41) is 17.1. The second-order valence-electron chi connectivity index (χ2n) is 4.54. The molecule has 1 N–H and O–H groups in total. The second kappa shape index (κ2) is 5.47. The van der Waals surface area contributed by atoms with Crippen molar-refractivity contribution >= 4 is 27.7 Å². The maximum Gasteiger partial charge on any atom is 0.404 e. The molecule has 0 atom stereocenters. The Bertz CT molecular complexity index is 470. The van der Waals surface area contributed by atoms with Crippen molar-refractivity contribution in [2.75, 3.05) is 0 Å². The van der Waals surface area contributed by atoms with Crippen molar-refractivity contribution in [1.82, 2.24) is 15.1 Å². The Balaban J connectivity index is 2.71. The lowest BCUT2D eigenvalue weighted by Crippen LogP contribution is -2.44. The highest BCUT2D eigenvalue weighted by molar-refractivity contribution is 9.10. The van der Waals surface area contributed by atoms with Crippen molar-refractivity contribution in [2.45, 2.75) is 39.3 Å². The Morgan fingerprint density at radius 1 is 1.67 bits per heavy atom. The minimum atomic E-state index is -0.603. The van der Waals surface area contributed by atoms with Crippen molar-refractivity contribution in [3.63, 3.8) is 0 Å². The number of amides is 1. The van der Waals surface area contributed by atoms with E-state index in [1.807, 2.05) is 20.8 Å². The molecule has 0 unspecified atom stereocenters. The summed E-state index contributed by atoms with van der Waals surface area (Å²) in [5.41, 5.74) is -0.298. The Hall–Kier alpha value is -1.44. The number of nitro groups is 1. The fourth-order valence-corrected chi connectivity index (χ4v) is 1.70. The number of hydrogen-bond acceptors (Lipinski definition) is 4. The zero-order chi connectivity index (χ0) is 13.9. The smallest absolute Gasteiger partial charge is 0.358 e. The number of aromatic nitrogens is 2. The van der Waals surface area contributed by atoms with Gasteiger partial charge in [0.25, 0.3) is 0 Å². The highest BCUT2D eigenvalue weighted by Crippen LogP contribution is 2.21. The van der Waals surface area contributed by atoms with Gasteiger partial charge in [-0.15, -0.1) is 0 Å². The quantitative estimate of drug-likeness (QED) is 0.662. The number of halogens is 1. The van der Waals surface area contributed by atoms with Gasteiger partial charge in [0.05, 0.1) is 11.3 Å². The van der Waals surface area contributed by atoms with Gasteiger partial charge >= 0.3 is 5.82 Å². The summed E-state index contributed by atoms with van der Waals surface area (Å²) in [5.74, 6) is -0.524. The van der Waals surface area contributed by atoms with E-state index >= 15 is 0 Å². The van der Waals surface area contributed by atoms with Crippen LogP contribution in [0.1, 0.15) is 27.2 Å². The van der Waals surface area contributed by atoms with Crippen molar-refractivity contribution in [3.8, 4) is 0 Å². The average Bonchev–Trinajstić information content (AvgIpc) is 2.58. The molecular weight excluding hydrogens is 304 g/mol. The van der Waals surface area contributed by atoms with E-state index in [-0.39, 0.29) is 28.3 Å². The molecule has 0 bridgehead atoms. The highest BCUT2D eigenvalue weighted by atomic mass is 79.9. The molecule has 8 heteroatoms. The summed E-state index contributed by atoms with van der Waals surface area (Å²) in [6.07, 6.45) is 2.21. The van der Waals surface area contributed by atoms with Gasteiger partial charge < -0.3 is 15.4 Å². The lowest BCUT2D eigenvalue weighted by molar-refractivity contribution is -0.390. The molecule has 0 fully saturated rings. The fraction of sp³-hybridized carbons (Fsp3) is 0.600. The van der Waals surface area contributed by atoms with Crippen LogP contribution < -0.4 is 5.32 Å². The van der Waals surface area contributed by atoms with E-state index in [1.54, 1.807) is 0 Å². The molecule has 100 valence electrons. The molecule has 1 amide bonds. The number of rotatable bonds is 5. The van der Waals surface area contributed by atoms with Gasteiger partial charge in [-0.05, 0) is 41.1 Å². The molecule has 0 saturated carbocycles. The van der Waals surface area contributed by atoms with Crippen LogP contribution in [0.15, 0.2) is 10.7 Å². The van der Waals surface area contributed by atoms with Crippen LogP contribution in [0.4, 0.5) is 5.82 Å². The van der Waals surface area contributed by atoms with Crippen molar-refractivity contribution in [1.29, 1.82) is 0 Å². The Kier molecular flexibility index (Phi) is 4.44. The van der Waals surface area contributed by atoms with Crippen LogP contribution in [-0.4, -0.2) is 26.1 Å². The molecule has 0 radical (unpaired) electrons. The number of nitrogens with one attached hydrogen (secondary N) is 1. The topological polar surface area (TPSA) is 90.1 Å². The van der Waals surface area contributed by atoms with E-state index in [1.165, 1.54) is 10.9 Å². The molecule has 1 heterocycles. The van der Waals surface area contributed by atoms with Crippen molar-refractivity contribution in [2.24, 2.45) is 0 Å². The zero-order valence-corrected chi connectivity index (χ0v) is 12.0. The first kappa shape index (κ1) is 14.6. The Labute approximate surface area is 113 Å². The largest absolute Gasteiger partial charge is 0.404 e. The normalized spacial score (nSPS) is 11.3. The SMILES string of the molecule is CCC(C)(C)NC(=O)Cn1cc(Br)c([N+](=O)[O-])n1. The monoisotopic (exact) mass is 318 g/mol. The molecule has 0 aliphatic heterocycles. The molecule has 0 aliphatic rings. The maximum absolute atomic E-state index is 11.7. The molecule has 0 saturated heterocycles. The molecule has 1 aromatic rings. The van der Waals surface area contributed by atoms with Crippen molar-refractivity contribution < 1.29 is 9.72 Å². The first-order chi connectivity index (χ1) is 8.25. The minimum absolute atomic E-state index is 0.0458. The van der Waals surface area contributed by atoms with Gasteiger partial charge in [0, 0.05) is 5.54 Å². The number of carbonyl (C=O) groups is 1. The number of hydrogen-bond donors (Lipinski definition) is 1. The van der Waals surface area contributed by atoms with Gasteiger partial charge in [0.15, 0.2) is 0 Å². The van der Waals surface area contributed by atoms with Crippen LogP contribution in [0.5, 0.6) is 0 Å². The van der Waals surface area contributed by atoms with Gasteiger partial charge in [-0.25, -0.2) is 0 Å². The van der Waals surface area contributed by atoms with Crippen LogP contribution in [0.25, 0.3) is 0 Å². The third kappa shape index (κ3) is 3.80. The first-order valence-corrected chi connectivity index (χ1v) is 6.23. The first-order valence-electron chi connectivity index (χ1n) is 5.43. The third-order valence-corrected chi connectivity index (χ3v) is 3.10. The summed E-state index contributed by atoms with van der Waals surface area (Å²) < 4.78 is 1.50. The maximum atomic E-state index is 11.7. The minimum Gasteiger partial charge on any atom is -0.358 e. The van der Waals surface area contributed by atoms with E-state index in [2.05, 4.69) is 26.3 Å². The highest BCUT2D eigenvalue weighted by Gasteiger charge is 2.22. The molecule has 7 nitrogen and oxygen atoms in total. The Morgan fingerprint density at radius 3 is 2.72 bits per heavy atom. The summed E-state index contributed by atoms with van der Waals surface area (Å²) in [7, 11) is 0. The van der Waals surface area contributed by atoms with Gasteiger partial charge in [-0.3, -0.25) is 4.79 Å². The van der Waals surface area contributed by atoms with Crippen molar-refractivity contribution in [3.05, 3.63) is 20.8 Å². The van der Waals surface area contributed by atoms with Crippen LogP contribution in [0, 0.1) is 10.1 Å². The summed E-state index contributed by atoms with van der Waals surface area (Å²) >= 11 is 3.03. The van der Waals surface area contributed by atoms with E-state index in [9.17, 15) is 14.9 Å². The summed E-state index contributed by atoms with van der Waals surface area (Å²) in [4.78, 5) is 21.7. The molecule has 1 aromatic heterocycles. The Morgan fingerprint density at radius 2 is 2.28 bits per heavy atom. The van der Waals surface area contributed by atoms with Crippen LogP contribution in [-0.2, 0) is 11.3 Å². The van der Waals surface area contributed by atoms with Gasteiger partial charge in [0.2, 0.25) is 5.91 Å². The standard InChI is InChI=1S/C10H15BrN4O3/c1-4-10(2,3)12-8(16)6-14-5-7(11)9(13-14)15(17)18/h5H,4,6H2,1-3H3,(H,12,16). The summed E-state index contributed by atoms with van der Waals surface area (Å²) in [6, 6.07) is 0. The van der Waals surface area contributed by atoms with Gasteiger partial charge in [0.1, 0.15) is 11.0 Å². The third-order valence-electron chi connectivity index (χ3n) is 2.54.